The smallest absolute Gasteiger partial charge is 0.230 e. The zero-order chi connectivity index (χ0) is 11.7. The van der Waals surface area contributed by atoms with Crippen LogP contribution < -0.4 is 5.73 Å². The molecule has 4 nitrogen and oxygen atoms in total. The van der Waals surface area contributed by atoms with Gasteiger partial charge < -0.3 is 10.6 Å². The predicted octanol–water partition coefficient (Wildman–Crippen LogP) is 0.618. The van der Waals surface area contributed by atoms with E-state index < -0.39 is 6.04 Å². The summed E-state index contributed by atoms with van der Waals surface area (Å²) in [6.07, 6.45) is 0.0000718. The third-order valence-corrected chi connectivity index (χ3v) is 2.98. The molecule has 2 rings (SSSR count). The first-order valence-electron chi connectivity index (χ1n) is 5.21. The van der Waals surface area contributed by atoms with Crippen LogP contribution in [0.4, 0.5) is 0 Å². The molecular formula is C12H14N2O2. The average Bonchev–Trinajstić information content (AvgIpc) is 2.53. The average molecular weight is 218 g/mol. The van der Waals surface area contributed by atoms with Crippen molar-refractivity contribution in [3.05, 3.63) is 35.4 Å². The van der Waals surface area contributed by atoms with Gasteiger partial charge in [0, 0.05) is 13.6 Å². The standard InChI is InChI=1S/C12H14N2O2/c1-14-11(16)6-10(15)12(14)9-5-3-2-4-8(9)7-13/h2-5,12H,6-7,13H2,1H3. The van der Waals surface area contributed by atoms with Crippen LogP contribution in [0.1, 0.15) is 23.6 Å². The number of carbonyl (C=O) groups is 2. The van der Waals surface area contributed by atoms with Gasteiger partial charge in [-0.1, -0.05) is 24.3 Å². The van der Waals surface area contributed by atoms with E-state index in [-0.39, 0.29) is 18.1 Å². The van der Waals surface area contributed by atoms with Crippen molar-refractivity contribution in [2.45, 2.75) is 19.0 Å². The zero-order valence-electron chi connectivity index (χ0n) is 9.14. The van der Waals surface area contributed by atoms with E-state index in [1.54, 1.807) is 7.05 Å². The van der Waals surface area contributed by atoms with Crippen molar-refractivity contribution in [1.29, 1.82) is 0 Å². The van der Waals surface area contributed by atoms with Crippen molar-refractivity contribution >= 4 is 11.7 Å². The molecule has 1 fully saturated rings. The molecule has 0 radical (unpaired) electrons. The molecule has 4 heteroatoms. The summed E-state index contributed by atoms with van der Waals surface area (Å²) in [7, 11) is 1.66. The van der Waals surface area contributed by atoms with Gasteiger partial charge >= 0.3 is 0 Å². The molecule has 16 heavy (non-hydrogen) atoms. The lowest BCUT2D eigenvalue weighted by molar-refractivity contribution is -0.127. The minimum atomic E-state index is -0.452. The van der Waals surface area contributed by atoms with E-state index in [1.165, 1.54) is 4.90 Å². The van der Waals surface area contributed by atoms with Crippen LogP contribution in [-0.2, 0) is 16.1 Å². The quantitative estimate of drug-likeness (QED) is 0.740. The van der Waals surface area contributed by atoms with Crippen molar-refractivity contribution in [2.75, 3.05) is 7.05 Å². The SMILES string of the molecule is CN1C(=O)CC(=O)C1c1ccccc1CN. The molecule has 1 saturated heterocycles. The number of rotatable bonds is 2. The van der Waals surface area contributed by atoms with Gasteiger partial charge in [0.05, 0.1) is 6.42 Å². The maximum Gasteiger partial charge on any atom is 0.230 e. The van der Waals surface area contributed by atoms with Crippen LogP contribution in [0.5, 0.6) is 0 Å². The molecule has 1 aliphatic heterocycles. The molecule has 0 bridgehead atoms. The molecule has 1 aromatic carbocycles. The second-order valence-electron chi connectivity index (χ2n) is 3.95. The van der Waals surface area contributed by atoms with Gasteiger partial charge in [-0.25, -0.2) is 0 Å². The Kier molecular flexibility index (Phi) is 2.75. The van der Waals surface area contributed by atoms with Gasteiger partial charge in [-0.2, -0.15) is 0 Å². The second kappa shape index (κ2) is 4.06. The summed E-state index contributed by atoms with van der Waals surface area (Å²) in [6, 6.07) is 7.04. The first-order chi connectivity index (χ1) is 7.65. The van der Waals surface area contributed by atoms with Crippen molar-refractivity contribution in [1.82, 2.24) is 4.90 Å². The zero-order valence-corrected chi connectivity index (χ0v) is 9.14. The molecule has 0 spiro atoms. The van der Waals surface area contributed by atoms with Gasteiger partial charge in [0.25, 0.3) is 0 Å². The van der Waals surface area contributed by atoms with Crippen LogP contribution in [-0.4, -0.2) is 23.6 Å². The number of nitrogens with zero attached hydrogens (tertiary/aromatic N) is 1. The maximum atomic E-state index is 11.8. The number of hydrogen-bond acceptors (Lipinski definition) is 3. The number of benzene rings is 1. The summed E-state index contributed by atoms with van der Waals surface area (Å²) < 4.78 is 0. The summed E-state index contributed by atoms with van der Waals surface area (Å²) in [5, 5.41) is 0. The number of Topliss-reactive ketones (excluding diaryl/α,β-unsaturated/α-hetero) is 1. The lowest BCUT2D eigenvalue weighted by atomic mass is 9.98. The monoisotopic (exact) mass is 218 g/mol. The Morgan fingerprint density at radius 3 is 2.62 bits per heavy atom. The van der Waals surface area contributed by atoms with E-state index in [4.69, 9.17) is 5.73 Å². The second-order valence-corrected chi connectivity index (χ2v) is 3.95. The normalized spacial score (nSPS) is 20.6. The van der Waals surface area contributed by atoms with Gasteiger partial charge in [-0.05, 0) is 11.1 Å². The fraction of sp³-hybridized carbons (Fsp3) is 0.333. The van der Waals surface area contributed by atoms with E-state index in [0.29, 0.717) is 6.54 Å². The van der Waals surface area contributed by atoms with Crippen LogP contribution in [0.25, 0.3) is 0 Å². The van der Waals surface area contributed by atoms with Crippen LogP contribution in [0, 0.1) is 0 Å². The van der Waals surface area contributed by atoms with Crippen LogP contribution in [0.2, 0.25) is 0 Å². The molecule has 0 aromatic heterocycles. The fourth-order valence-electron chi connectivity index (χ4n) is 2.10. The van der Waals surface area contributed by atoms with Crippen LogP contribution in [0.15, 0.2) is 24.3 Å². The molecule has 0 saturated carbocycles. The van der Waals surface area contributed by atoms with E-state index in [2.05, 4.69) is 0 Å². The first kappa shape index (κ1) is 10.8. The topological polar surface area (TPSA) is 63.4 Å². The summed E-state index contributed by atoms with van der Waals surface area (Å²) in [6.45, 7) is 0.377. The Bertz CT molecular complexity index is 442. The Labute approximate surface area is 94.0 Å². The number of amides is 1. The van der Waals surface area contributed by atoms with Gasteiger partial charge in [-0.15, -0.1) is 0 Å². The lowest BCUT2D eigenvalue weighted by Crippen LogP contribution is -2.25. The Morgan fingerprint density at radius 2 is 2.06 bits per heavy atom. The minimum Gasteiger partial charge on any atom is -0.331 e. The van der Waals surface area contributed by atoms with Crippen molar-refractivity contribution < 1.29 is 9.59 Å². The maximum absolute atomic E-state index is 11.8. The molecule has 2 N–H and O–H groups in total. The van der Waals surface area contributed by atoms with Gasteiger partial charge in [0.2, 0.25) is 5.91 Å². The fourth-order valence-corrected chi connectivity index (χ4v) is 2.10. The van der Waals surface area contributed by atoms with Gasteiger partial charge in [0.15, 0.2) is 5.78 Å². The highest BCUT2D eigenvalue weighted by Gasteiger charge is 2.37. The number of carbonyl (C=O) groups excluding carboxylic acids is 2. The number of nitrogens with two attached hydrogens (primary N) is 1. The summed E-state index contributed by atoms with van der Waals surface area (Å²) in [5.74, 6) is -0.171. The molecular weight excluding hydrogens is 204 g/mol. The molecule has 1 aromatic rings. The lowest BCUT2D eigenvalue weighted by Gasteiger charge is -2.21. The highest BCUT2D eigenvalue weighted by Crippen LogP contribution is 2.30. The minimum absolute atomic E-state index is 0.0000718. The van der Waals surface area contributed by atoms with Gasteiger partial charge in [-0.3, -0.25) is 9.59 Å². The Balaban J connectivity index is 2.44. The van der Waals surface area contributed by atoms with Crippen LogP contribution >= 0.6 is 0 Å². The molecule has 1 heterocycles. The molecule has 1 aliphatic rings. The molecule has 0 aliphatic carbocycles. The van der Waals surface area contributed by atoms with E-state index >= 15 is 0 Å². The van der Waals surface area contributed by atoms with Crippen molar-refractivity contribution in [3.8, 4) is 0 Å². The third kappa shape index (κ3) is 1.61. The molecule has 1 amide bonds. The van der Waals surface area contributed by atoms with E-state index in [0.717, 1.165) is 11.1 Å². The molecule has 1 atom stereocenters. The highest BCUT2D eigenvalue weighted by atomic mass is 16.2. The summed E-state index contributed by atoms with van der Waals surface area (Å²) >= 11 is 0. The molecule has 84 valence electrons. The summed E-state index contributed by atoms with van der Waals surface area (Å²) in [4.78, 5) is 24.7. The van der Waals surface area contributed by atoms with Crippen molar-refractivity contribution in [2.24, 2.45) is 5.73 Å². The summed E-state index contributed by atoms with van der Waals surface area (Å²) in [5.41, 5.74) is 7.40. The predicted molar refractivity (Wildman–Crippen MR) is 59.5 cm³/mol. The Hall–Kier alpha value is -1.68. The Morgan fingerprint density at radius 1 is 1.38 bits per heavy atom. The third-order valence-electron chi connectivity index (χ3n) is 2.98. The van der Waals surface area contributed by atoms with Crippen molar-refractivity contribution in [3.63, 3.8) is 0 Å². The number of likely N-dealkylation sites (tertiary alicyclic amines) is 1. The first-order valence-corrected chi connectivity index (χ1v) is 5.21. The number of likely N-dealkylation sites (N-methyl/N-ethyl adjacent to an activating group) is 1. The number of ketones is 1. The van der Waals surface area contributed by atoms with Gasteiger partial charge in [0.1, 0.15) is 6.04 Å². The van der Waals surface area contributed by atoms with Crippen LogP contribution in [0.3, 0.4) is 0 Å². The largest absolute Gasteiger partial charge is 0.331 e. The van der Waals surface area contributed by atoms with E-state index in [9.17, 15) is 9.59 Å². The highest BCUT2D eigenvalue weighted by molar-refractivity contribution is 6.07. The van der Waals surface area contributed by atoms with E-state index in [1.807, 2.05) is 24.3 Å². The molecule has 1 unspecified atom stereocenters. The number of hydrogen-bond donors (Lipinski definition) is 1.